The monoisotopic (exact) mass is 322 g/mol. The molecule has 110 valence electrons. The lowest BCUT2D eigenvalue weighted by atomic mass is 10.1. The maximum atomic E-state index is 13.7. The number of anilines is 1. The Balaban J connectivity index is 1.93. The third-order valence-corrected chi connectivity index (χ3v) is 4.08. The van der Waals surface area contributed by atoms with Crippen molar-refractivity contribution in [3.8, 4) is 0 Å². The van der Waals surface area contributed by atoms with Gasteiger partial charge in [-0.1, -0.05) is 24.4 Å². The molecule has 0 fully saturated rings. The maximum Gasteiger partial charge on any atom is 0.224 e. The predicted octanol–water partition coefficient (Wildman–Crippen LogP) is 3.48. The van der Waals surface area contributed by atoms with Crippen LogP contribution in [-0.4, -0.2) is 10.9 Å². The van der Waals surface area contributed by atoms with Crippen molar-refractivity contribution in [3.63, 3.8) is 0 Å². The standard InChI is InChI=1S/C15H15FN2OS2/c16-11-6-2-7-12(14(11)15(17)20)18-13(19)8-1-4-10-5-3-9-21-10/h2-3,5-7,9H,1,4,8H2,(H2,17,20)(H,18,19). The number of thiocarbonyl (C=S) groups is 1. The van der Waals surface area contributed by atoms with E-state index >= 15 is 0 Å². The molecule has 0 aliphatic carbocycles. The molecule has 3 nitrogen and oxygen atoms in total. The molecule has 0 saturated carbocycles. The molecule has 0 atom stereocenters. The van der Waals surface area contributed by atoms with Gasteiger partial charge in [0.05, 0.1) is 11.3 Å². The Morgan fingerprint density at radius 2 is 2.14 bits per heavy atom. The molecule has 2 aromatic rings. The molecule has 0 aliphatic rings. The summed E-state index contributed by atoms with van der Waals surface area (Å²) in [5.74, 6) is -0.700. The van der Waals surface area contributed by atoms with Gasteiger partial charge in [0.15, 0.2) is 0 Å². The number of carbonyl (C=O) groups is 1. The fourth-order valence-electron chi connectivity index (χ4n) is 1.97. The predicted molar refractivity (Wildman–Crippen MR) is 88.2 cm³/mol. The number of rotatable bonds is 6. The van der Waals surface area contributed by atoms with Crippen molar-refractivity contribution in [2.45, 2.75) is 19.3 Å². The van der Waals surface area contributed by atoms with Gasteiger partial charge in [-0.05, 0) is 36.4 Å². The molecule has 0 saturated heterocycles. The summed E-state index contributed by atoms with van der Waals surface area (Å²) in [5, 5.41) is 4.68. The highest BCUT2D eigenvalue weighted by atomic mass is 32.1. The molecule has 1 aromatic carbocycles. The summed E-state index contributed by atoms with van der Waals surface area (Å²) in [4.78, 5) is 13.1. The molecule has 0 unspecified atom stereocenters. The first-order valence-electron chi connectivity index (χ1n) is 6.48. The molecular weight excluding hydrogens is 307 g/mol. The van der Waals surface area contributed by atoms with Gasteiger partial charge in [-0.25, -0.2) is 4.39 Å². The van der Waals surface area contributed by atoms with Crippen LogP contribution in [0.3, 0.4) is 0 Å². The number of amides is 1. The summed E-state index contributed by atoms with van der Waals surface area (Å²) < 4.78 is 13.7. The van der Waals surface area contributed by atoms with E-state index in [0.717, 1.165) is 12.8 Å². The number of nitrogens with one attached hydrogen (secondary N) is 1. The first-order chi connectivity index (χ1) is 10.1. The highest BCUT2D eigenvalue weighted by molar-refractivity contribution is 7.80. The van der Waals surface area contributed by atoms with Crippen molar-refractivity contribution < 1.29 is 9.18 Å². The average molecular weight is 322 g/mol. The lowest BCUT2D eigenvalue weighted by molar-refractivity contribution is -0.116. The molecule has 1 amide bonds. The van der Waals surface area contributed by atoms with Gasteiger partial charge < -0.3 is 11.1 Å². The van der Waals surface area contributed by atoms with E-state index < -0.39 is 5.82 Å². The molecule has 0 radical (unpaired) electrons. The van der Waals surface area contributed by atoms with Crippen molar-refractivity contribution in [2.75, 3.05) is 5.32 Å². The number of carbonyl (C=O) groups excluding carboxylic acids is 1. The van der Waals surface area contributed by atoms with E-state index in [-0.39, 0.29) is 16.5 Å². The van der Waals surface area contributed by atoms with E-state index in [9.17, 15) is 9.18 Å². The average Bonchev–Trinajstić information content (AvgIpc) is 2.91. The Morgan fingerprint density at radius 3 is 2.81 bits per heavy atom. The largest absolute Gasteiger partial charge is 0.389 e. The van der Waals surface area contributed by atoms with E-state index in [0.29, 0.717) is 12.1 Å². The van der Waals surface area contributed by atoms with Crippen LogP contribution in [0.25, 0.3) is 0 Å². The fourth-order valence-corrected chi connectivity index (χ4v) is 2.93. The minimum atomic E-state index is -0.529. The topological polar surface area (TPSA) is 55.1 Å². The summed E-state index contributed by atoms with van der Waals surface area (Å²) in [6.45, 7) is 0. The summed E-state index contributed by atoms with van der Waals surface area (Å²) in [6.07, 6.45) is 1.96. The minimum absolute atomic E-state index is 0.0676. The number of halogens is 1. The normalized spacial score (nSPS) is 10.3. The van der Waals surface area contributed by atoms with Crippen LogP contribution in [0.1, 0.15) is 23.3 Å². The Kier molecular flexibility index (Phi) is 5.41. The van der Waals surface area contributed by atoms with Crippen LogP contribution in [0.2, 0.25) is 0 Å². The third kappa shape index (κ3) is 4.34. The lowest BCUT2D eigenvalue weighted by Crippen LogP contribution is -2.18. The second kappa shape index (κ2) is 7.28. The first-order valence-corrected chi connectivity index (χ1v) is 7.77. The highest BCUT2D eigenvalue weighted by Gasteiger charge is 2.13. The van der Waals surface area contributed by atoms with E-state index in [1.54, 1.807) is 17.4 Å². The fraction of sp³-hybridized carbons (Fsp3) is 0.200. The van der Waals surface area contributed by atoms with Gasteiger partial charge in [0.25, 0.3) is 0 Å². The van der Waals surface area contributed by atoms with Gasteiger partial charge in [0, 0.05) is 11.3 Å². The smallest absolute Gasteiger partial charge is 0.224 e. The van der Waals surface area contributed by atoms with Crippen LogP contribution in [0.15, 0.2) is 35.7 Å². The lowest BCUT2D eigenvalue weighted by Gasteiger charge is -2.10. The van der Waals surface area contributed by atoms with Gasteiger partial charge in [-0.15, -0.1) is 11.3 Å². The SMILES string of the molecule is NC(=S)c1c(F)cccc1NC(=O)CCCc1cccs1. The number of aryl methyl sites for hydroxylation is 1. The molecular formula is C15H15FN2OS2. The molecule has 0 aliphatic heterocycles. The summed E-state index contributed by atoms with van der Waals surface area (Å²) in [6, 6.07) is 8.40. The molecule has 3 N–H and O–H groups in total. The van der Waals surface area contributed by atoms with E-state index in [1.165, 1.54) is 17.0 Å². The number of nitrogens with two attached hydrogens (primary N) is 1. The Bertz CT molecular complexity index is 641. The van der Waals surface area contributed by atoms with Gasteiger partial charge in [-0.3, -0.25) is 4.79 Å². The van der Waals surface area contributed by atoms with Crippen LogP contribution >= 0.6 is 23.6 Å². The summed E-state index contributed by atoms with van der Waals surface area (Å²) >= 11 is 6.49. The Labute approximate surface area is 132 Å². The molecule has 6 heteroatoms. The molecule has 2 rings (SSSR count). The zero-order valence-corrected chi connectivity index (χ0v) is 12.9. The molecule has 0 bridgehead atoms. The van der Waals surface area contributed by atoms with Gasteiger partial charge >= 0.3 is 0 Å². The molecule has 1 heterocycles. The minimum Gasteiger partial charge on any atom is -0.389 e. The van der Waals surface area contributed by atoms with Gasteiger partial charge in [0.1, 0.15) is 10.8 Å². The zero-order chi connectivity index (χ0) is 15.2. The number of benzene rings is 1. The first kappa shape index (κ1) is 15.6. The quantitative estimate of drug-likeness (QED) is 0.801. The molecule has 21 heavy (non-hydrogen) atoms. The van der Waals surface area contributed by atoms with Crippen LogP contribution in [0.5, 0.6) is 0 Å². The number of thiophene rings is 1. The third-order valence-electron chi connectivity index (χ3n) is 2.94. The van der Waals surface area contributed by atoms with Gasteiger partial charge in [0.2, 0.25) is 5.91 Å². The van der Waals surface area contributed by atoms with E-state index in [4.69, 9.17) is 18.0 Å². The second-order valence-electron chi connectivity index (χ2n) is 4.51. The van der Waals surface area contributed by atoms with Crippen molar-refractivity contribution in [1.82, 2.24) is 0 Å². The van der Waals surface area contributed by atoms with Crippen LogP contribution < -0.4 is 11.1 Å². The second-order valence-corrected chi connectivity index (χ2v) is 5.98. The highest BCUT2D eigenvalue weighted by Crippen LogP contribution is 2.19. The van der Waals surface area contributed by atoms with Crippen molar-refractivity contribution >= 4 is 40.1 Å². The van der Waals surface area contributed by atoms with Crippen LogP contribution in [0, 0.1) is 5.82 Å². The Hall–Kier alpha value is -1.79. The van der Waals surface area contributed by atoms with E-state index in [2.05, 4.69) is 5.32 Å². The number of hydrogen-bond donors (Lipinski definition) is 2. The molecule has 1 aromatic heterocycles. The van der Waals surface area contributed by atoms with Crippen molar-refractivity contribution in [2.24, 2.45) is 5.73 Å². The molecule has 0 spiro atoms. The van der Waals surface area contributed by atoms with Crippen molar-refractivity contribution in [1.29, 1.82) is 0 Å². The van der Waals surface area contributed by atoms with Gasteiger partial charge in [-0.2, -0.15) is 0 Å². The summed E-state index contributed by atoms with van der Waals surface area (Å²) in [5.41, 5.74) is 5.90. The van der Waals surface area contributed by atoms with Crippen LogP contribution in [0.4, 0.5) is 10.1 Å². The van der Waals surface area contributed by atoms with Crippen molar-refractivity contribution in [3.05, 3.63) is 52.0 Å². The summed E-state index contributed by atoms with van der Waals surface area (Å²) in [7, 11) is 0. The maximum absolute atomic E-state index is 13.7. The Morgan fingerprint density at radius 1 is 1.33 bits per heavy atom. The number of hydrogen-bond acceptors (Lipinski definition) is 3. The van der Waals surface area contributed by atoms with Crippen LogP contribution in [-0.2, 0) is 11.2 Å². The zero-order valence-electron chi connectivity index (χ0n) is 11.3. The van der Waals surface area contributed by atoms with E-state index in [1.807, 2.05) is 17.5 Å².